The number of aromatic nitrogens is 2. The van der Waals surface area contributed by atoms with Gasteiger partial charge in [-0.1, -0.05) is 63.7 Å². The second kappa shape index (κ2) is 14.1. The molecule has 3 aromatic rings. The van der Waals surface area contributed by atoms with Gasteiger partial charge in [-0.3, -0.25) is 14.2 Å². The zero-order chi connectivity index (χ0) is 30.3. The molecule has 0 aliphatic carbocycles. The van der Waals surface area contributed by atoms with Crippen molar-refractivity contribution in [2.45, 2.75) is 58.7 Å². The van der Waals surface area contributed by atoms with Crippen LogP contribution < -0.4 is 21.9 Å². The van der Waals surface area contributed by atoms with Crippen LogP contribution in [0, 0.1) is 0 Å². The van der Waals surface area contributed by atoms with Crippen LogP contribution in [0.2, 0.25) is 0 Å². The molecule has 9 nitrogen and oxygen atoms in total. The second-order valence-corrected chi connectivity index (χ2v) is 10.2. The Morgan fingerprint density at radius 3 is 2.22 bits per heavy atom. The van der Waals surface area contributed by atoms with E-state index in [2.05, 4.69) is 23.8 Å². The maximum absolute atomic E-state index is 13.5. The van der Waals surface area contributed by atoms with Gasteiger partial charge in [-0.15, -0.1) is 0 Å². The van der Waals surface area contributed by atoms with Crippen LogP contribution in [0.3, 0.4) is 0 Å². The Morgan fingerprint density at radius 2 is 1.63 bits per heavy atom. The lowest BCUT2D eigenvalue weighted by atomic mass is 10.0. The van der Waals surface area contributed by atoms with Crippen molar-refractivity contribution in [1.29, 1.82) is 0 Å². The molecule has 0 saturated carbocycles. The van der Waals surface area contributed by atoms with Crippen molar-refractivity contribution in [2.24, 2.45) is 7.05 Å². The summed E-state index contributed by atoms with van der Waals surface area (Å²) in [6, 6.07) is 11.1. The number of ether oxygens (including phenoxy) is 1. The van der Waals surface area contributed by atoms with Crippen LogP contribution in [0.4, 0.5) is 0 Å². The Morgan fingerprint density at radius 1 is 1.00 bits per heavy atom. The van der Waals surface area contributed by atoms with Gasteiger partial charge >= 0.3 is 11.7 Å². The molecule has 10 heteroatoms. The molecule has 0 aliphatic rings. The lowest BCUT2D eigenvalue weighted by Gasteiger charge is -2.22. The molecule has 0 bridgehead atoms. The SMILES string of the molecule is C=C(Cl)C(=C)C(=O)N[C@@H](Cc1ccc(-n2c(=O)c3cc(CNCC)ccc3n(C)c2=O)cc1)C(=O)OC(CC)CC. The van der Waals surface area contributed by atoms with Crippen LogP contribution in [0.15, 0.2) is 75.8 Å². The predicted molar refractivity (Wildman–Crippen MR) is 162 cm³/mol. The van der Waals surface area contributed by atoms with Crippen LogP contribution in [0.5, 0.6) is 0 Å². The van der Waals surface area contributed by atoms with Crippen molar-refractivity contribution < 1.29 is 14.3 Å². The molecule has 1 amide bonds. The third-order valence-electron chi connectivity index (χ3n) is 6.93. The number of amides is 1. The lowest BCUT2D eigenvalue weighted by molar-refractivity contribution is -0.153. The Labute approximate surface area is 244 Å². The highest BCUT2D eigenvalue weighted by atomic mass is 35.5. The summed E-state index contributed by atoms with van der Waals surface area (Å²) >= 11 is 5.83. The molecule has 2 aromatic carbocycles. The van der Waals surface area contributed by atoms with E-state index in [0.29, 0.717) is 41.5 Å². The number of rotatable bonds is 13. The number of nitrogens with one attached hydrogen (secondary N) is 2. The van der Waals surface area contributed by atoms with Gasteiger partial charge in [0.05, 0.1) is 22.2 Å². The minimum Gasteiger partial charge on any atom is -0.461 e. The largest absolute Gasteiger partial charge is 0.461 e. The fraction of sp³-hybridized carbons (Fsp3) is 0.355. The molecule has 0 fully saturated rings. The van der Waals surface area contributed by atoms with Crippen LogP contribution >= 0.6 is 11.6 Å². The van der Waals surface area contributed by atoms with Gasteiger partial charge in [0.25, 0.3) is 11.5 Å². The molecular formula is C31H37ClN4O5. The van der Waals surface area contributed by atoms with E-state index in [1.165, 1.54) is 4.57 Å². The molecule has 0 spiro atoms. The van der Waals surface area contributed by atoms with E-state index in [0.717, 1.165) is 16.7 Å². The van der Waals surface area contributed by atoms with Crippen molar-refractivity contribution in [2.75, 3.05) is 6.54 Å². The topological polar surface area (TPSA) is 111 Å². The second-order valence-electron chi connectivity index (χ2n) is 9.77. The summed E-state index contributed by atoms with van der Waals surface area (Å²) in [5.74, 6) is -1.22. The molecule has 1 heterocycles. The fourth-order valence-corrected chi connectivity index (χ4v) is 4.48. The number of aryl methyl sites for hydroxylation is 1. The number of hydrogen-bond acceptors (Lipinski definition) is 6. The molecule has 41 heavy (non-hydrogen) atoms. The highest BCUT2D eigenvalue weighted by Gasteiger charge is 2.26. The Kier molecular flexibility index (Phi) is 10.9. The molecule has 0 aliphatic heterocycles. The first-order valence-electron chi connectivity index (χ1n) is 13.6. The van der Waals surface area contributed by atoms with Crippen molar-refractivity contribution in [3.8, 4) is 5.69 Å². The van der Waals surface area contributed by atoms with Gasteiger partial charge in [0.2, 0.25) is 0 Å². The summed E-state index contributed by atoms with van der Waals surface area (Å²) in [4.78, 5) is 52.3. The monoisotopic (exact) mass is 580 g/mol. The first-order chi connectivity index (χ1) is 19.5. The van der Waals surface area contributed by atoms with Crippen molar-refractivity contribution in [3.63, 3.8) is 0 Å². The average Bonchev–Trinajstić information content (AvgIpc) is 2.97. The molecule has 1 aromatic heterocycles. The maximum atomic E-state index is 13.5. The summed E-state index contributed by atoms with van der Waals surface area (Å²) in [6.45, 7) is 14.3. The van der Waals surface area contributed by atoms with Gasteiger partial charge < -0.3 is 15.4 Å². The fourth-order valence-electron chi connectivity index (χ4n) is 4.39. The number of fused-ring (bicyclic) bond motifs is 1. The molecule has 1 atom stereocenters. The highest BCUT2D eigenvalue weighted by Crippen LogP contribution is 2.16. The first kappa shape index (κ1) is 31.6. The van der Waals surface area contributed by atoms with E-state index < -0.39 is 29.2 Å². The Balaban J connectivity index is 1.95. The smallest absolute Gasteiger partial charge is 0.335 e. The molecule has 218 valence electrons. The summed E-state index contributed by atoms with van der Waals surface area (Å²) in [7, 11) is 1.63. The van der Waals surface area contributed by atoms with Crippen molar-refractivity contribution in [1.82, 2.24) is 19.8 Å². The number of benzene rings is 2. The van der Waals surface area contributed by atoms with Gasteiger partial charge in [-0.2, -0.15) is 0 Å². The average molecular weight is 581 g/mol. The van der Waals surface area contributed by atoms with E-state index in [1.54, 1.807) is 43.4 Å². The van der Waals surface area contributed by atoms with E-state index in [1.807, 2.05) is 26.8 Å². The van der Waals surface area contributed by atoms with E-state index in [9.17, 15) is 19.2 Å². The summed E-state index contributed by atoms with van der Waals surface area (Å²) < 4.78 is 8.17. The van der Waals surface area contributed by atoms with Crippen LogP contribution in [0.25, 0.3) is 16.6 Å². The van der Waals surface area contributed by atoms with Gasteiger partial charge in [0.1, 0.15) is 12.1 Å². The first-order valence-corrected chi connectivity index (χ1v) is 14.0. The molecule has 0 radical (unpaired) electrons. The van der Waals surface area contributed by atoms with Crippen molar-refractivity contribution in [3.05, 3.63) is 98.2 Å². The third-order valence-corrected chi connectivity index (χ3v) is 7.16. The molecule has 0 unspecified atom stereocenters. The third kappa shape index (κ3) is 7.42. The molecule has 2 N–H and O–H groups in total. The Hall–Kier alpha value is -3.95. The van der Waals surface area contributed by atoms with Gasteiger partial charge in [0.15, 0.2) is 0 Å². The summed E-state index contributed by atoms with van der Waals surface area (Å²) in [5, 5.41) is 6.28. The number of nitrogens with zero attached hydrogens (tertiary/aromatic N) is 2. The number of carbonyl (C=O) groups is 2. The highest BCUT2D eigenvalue weighted by molar-refractivity contribution is 6.34. The van der Waals surface area contributed by atoms with Crippen LogP contribution in [-0.2, 0) is 34.3 Å². The normalized spacial score (nSPS) is 11.9. The lowest BCUT2D eigenvalue weighted by Crippen LogP contribution is -2.45. The van der Waals surface area contributed by atoms with E-state index >= 15 is 0 Å². The Bertz CT molecular complexity index is 1570. The van der Waals surface area contributed by atoms with Gasteiger partial charge in [0, 0.05) is 25.0 Å². The summed E-state index contributed by atoms with van der Waals surface area (Å²) in [6.07, 6.45) is 1.08. The number of carbonyl (C=O) groups excluding carboxylic acids is 2. The standard InChI is InChI=1S/C31H37ClN4O5/c1-7-24(8-2)41-30(39)26(34-28(37)19(4)20(5)32)17-21-10-13-23(14-11-21)36-29(38)25-16-22(18-33-9-3)12-15-27(25)35(6)31(36)40/h10-16,24,26,33H,4-5,7-9,17-18H2,1-3,6H3,(H,34,37)/t26-/m0/s1. The number of esters is 1. The van der Waals surface area contributed by atoms with E-state index in [-0.39, 0.29) is 23.1 Å². The minimum atomic E-state index is -1.02. The number of hydrogen-bond donors (Lipinski definition) is 2. The molecule has 3 rings (SSSR count). The van der Waals surface area contributed by atoms with Gasteiger partial charge in [-0.25, -0.2) is 14.2 Å². The quantitative estimate of drug-likeness (QED) is 0.180. The predicted octanol–water partition coefficient (Wildman–Crippen LogP) is 3.87. The van der Waals surface area contributed by atoms with Crippen molar-refractivity contribution >= 4 is 34.4 Å². The molecular weight excluding hydrogens is 544 g/mol. The zero-order valence-corrected chi connectivity index (χ0v) is 24.7. The molecule has 0 saturated heterocycles. The van der Waals surface area contributed by atoms with E-state index in [4.69, 9.17) is 16.3 Å². The summed E-state index contributed by atoms with van der Waals surface area (Å²) in [5.41, 5.74) is 1.58. The zero-order valence-electron chi connectivity index (χ0n) is 24.0. The van der Waals surface area contributed by atoms with Gasteiger partial charge in [-0.05, 0) is 54.8 Å². The van der Waals surface area contributed by atoms with Crippen LogP contribution in [-0.4, -0.2) is 39.7 Å². The maximum Gasteiger partial charge on any atom is 0.335 e. The van der Waals surface area contributed by atoms with Crippen LogP contribution in [0.1, 0.15) is 44.7 Å². The number of halogens is 1. The minimum absolute atomic E-state index is 0.0323.